The molecule has 0 spiro atoms. The Morgan fingerprint density at radius 2 is 1.64 bits per heavy atom. The van der Waals surface area contributed by atoms with Crippen molar-refractivity contribution in [1.29, 1.82) is 0 Å². The van der Waals surface area contributed by atoms with Crippen molar-refractivity contribution in [2.45, 2.75) is 19.5 Å². The maximum Gasteiger partial charge on any atom is 0.372 e. The first-order valence-corrected chi connectivity index (χ1v) is 7.75. The molecular formula is C18H15ClFNO4. The normalized spacial score (nSPS) is 10.3. The molecule has 0 aliphatic carbocycles. The summed E-state index contributed by atoms with van der Waals surface area (Å²) in [5.74, 6) is -3.87. The number of nitrogens with zero attached hydrogens (tertiary/aromatic N) is 1. The molecule has 2 aromatic carbocycles. The van der Waals surface area contributed by atoms with E-state index in [1.54, 1.807) is 24.3 Å². The van der Waals surface area contributed by atoms with E-state index in [2.05, 4.69) is 0 Å². The number of carbonyl (C=O) groups is 3. The van der Waals surface area contributed by atoms with Crippen LogP contribution in [0.3, 0.4) is 0 Å². The SMILES string of the molecule is O=C(O)C(=O)CC(=O)N(Cc1ccc(F)cc1)Cc1cccc(Cl)c1. The van der Waals surface area contributed by atoms with Gasteiger partial charge >= 0.3 is 5.97 Å². The van der Waals surface area contributed by atoms with E-state index in [9.17, 15) is 18.8 Å². The summed E-state index contributed by atoms with van der Waals surface area (Å²) in [6.07, 6.45) is -0.739. The Bertz CT molecular complexity index is 792. The van der Waals surface area contributed by atoms with E-state index in [1.807, 2.05) is 0 Å². The van der Waals surface area contributed by atoms with Crippen LogP contribution in [0.2, 0.25) is 5.02 Å². The molecule has 0 fully saturated rings. The molecular weight excluding hydrogens is 349 g/mol. The Labute approximate surface area is 148 Å². The van der Waals surface area contributed by atoms with Gasteiger partial charge in [0.2, 0.25) is 11.7 Å². The second-order valence-electron chi connectivity index (χ2n) is 5.41. The van der Waals surface area contributed by atoms with Gasteiger partial charge in [0.1, 0.15) is 5.82 Å². The zero-order chi connectivity index (χ0) is 18.4. The van der Waals surface area contributed by atoms with E-state index < -0.39 is 29.9 Å². The predicted octanol–water partition coefficient (Wildman–Crippen LogP) is 3.05. The molecule has 0 aliphatic rings. The van der Waals surface area contributed by atoms with Gasteiger partial charge in [-0.2, -0.15) is 0 Å². The third kappa shape index (κ3) is 5.69. The van der Waals surface area contributed by atoms with E-state index in [-0.39, 0.29) is 13.1 Å². The molecule has 1 N–H and O–H groups in total. The van der Waals surface area contributed by atoms with Crippen molar-refractivity contribution in [3.8, 4) is 0 Å². The van der Waals surface area contributed by atoms with Gasteiger partial charge in [0.25, 0.3) is 0 Å². The number of hydrogen-bond acceptors (Lipinski definition) is 3. The number of hydrogen-bond donors (Lipinski definition) is 1. The van der Waals surface area contributed by atoms with Crippen molar-refractivity contribution < 1.29 is 23.9 Å². The van der Waals surface area contributed by atoms with Crippen LogP contribution in [-0.4, -0.2) is 27.7 Å². The number of carboxylic acids is 1. The summed E-state index contributed by atoms with van der Waals surface area (Å²) in [5.41, 5.74) is 1.38. The third-order valence-electron chi connectivity index (χ3n) is 3.45. The molecule has 2 rings (SSSR count). The van der Waals surface area contributed by atoms with Crippen molar-refractivity contribution in [3.63, 3.8) is 0 Å². The number of carbonyl (C=O) groups excluding carboxylic acids is 2. The largest absolute Gasteiger partial charge is 0.475 e. The number of Topliss-reactive ketones (excluding diaryl/α,β-unsaturated/α-hetero) is 1. The van der Waals surface area contributed by atoms with Crippen LogP contribution in [-0.2, 0) is 27.5 Å². The molecule has 0 radical (unpaired) electrons. The summed E-state index contributed by atoms with van der Waals surface area (Å²) < 4.78 is 13.0. The Kier molecular flexibility index (Phi) is 6.25. The number of rotatable bonds is 7. The fourth-order valence-corrected chi connectivity index (χ4v) is 2.44. The van der Waals surface area contributed by atoms with Gasteiger partial charge in [-0.1, -0.05) is 35.9 Å². The summed E-state index contributed by atoms with van der Waals surface area (Å²) in [5, 5.41) is 9.17. The second kappa shape index (κ2) is 8.39. The summed E-state index contributed by atoms with van der Waals surface area (Å²) in [6, 6.07) is 12.4. The fourth-order valence-electron chi connectivity index (χ4n) is 2.22. The summed E-state index contributed by atoms with van der Waals surface area (Å²) in [7, 11) is 0. The fraction of sp³-hybridized carbons (Fsp3) is 0.167. The van der Waals surface area contributed by atoms with E-state index in [1.165, 1.54) is 29.2 Å². The molecule has 0 bridgehead atoms. The Hall–Kier alpha value is -2.73. The van der Waals surface area contributed by atoms with Crippen LogP contribution >= 0.6 is 11.6 Å². The highest BCUT2D eigenvalue weighted by Crippen LogP contribution is 2.16. The minimum Gasteiger partial charge on any atom is -0.475 e. The number of benzene rings is 2. The highest BCUT2D eigenvalue weighted by Gasteiger charge is 2.22. The molecule has 0 unspecified atom stereocenters. The molecule has 5 nitrogen and oxygen atoms in total. The van der Waals surface area contributed by atoms with Gasteiger partial charge in [0.05, 0.1) is 6.42 Å². The van der Waals surface area contributed by atoms with Crippen molar-refractivity contribution in [3.05, 3.63) is 70.5 Å². The predicted molar refractivity (Wildman–Crippen MR) is 89.4 cm³/mol. The lowest BCUT2D eigenvalue weighted by atomic mass is 10.1. The van der Waals surface area contributed by atoms with Crippen molar-refractivity contribution in [1.82, 2.24) is 4.90 Å². The molecule has 1 amide bonds. The average molecular weight is 364 g/mol. The van der Waals surface area contributed by atoms with Gasteiger partial charge in [-0.15, -0.1) is 0 Å². The molecule has 2 aromatic rings. The Morgan fingerprint density at radius 1 is 1.00 bits per heavy atom. The monoisotopic (exact) mass is 363 g/mol. The molecule has 0 atom stereocenters. The lowest BCUT2D eigenvalue weighted by molar-refractivity contribution is -0.151. The smallest absolute Gasteiger partial charge is 0.372 e. The molecule has 7 heteroatoms. The van der Waals surface area contributed by atoms with Crippen LogP contribution in [0.25, 0.3) is 0 Å². The van der Waals surface area contributed by atoms with Crippen LogP contribution in [0.5, 0.6) is 0 Å². The van der Waals surface area contributed by atoms with Crippen LogP contribution < -0.4 is 0 Å². The number of carboxylic acid groups (broad SMARTS) is 1. The summed E-state index contributed by atoms with van der Waals surface area (Å²) >= 11 is 5.93. The summed E-state index contributed by atoms with van der Waals surface area (Å²) in [6.45, 7) is 0.252. The highest BCUT2D eigenvalue weighted by molar-refractivity contribution is 6.36. The topological polar surface area (TPSA) is 74.7 Å². The van der Waals surface area contributed by atoms with Gasteiger partial charge in [-0.3, -0.25) is 9.59 Å². The zero-order valence-corrected chi connectivity index (χ0v) is 13.9. The van der Waals surface area contributed by atoms with Gasteiger partial charge in [-0.05, 0) is 35.4 Å². The maximum atomic E-state index is 13.0. The first-order valence-electron chi connectivity index (χ1n) is 7.38. The lowest BCUT2D eigenvalue weighted by Crippen LogP contribution is -2.33. The van der Waals surface area contributed by atoms with Crippen molar-refractivity contribution in [2.24, 2.45) is 0 Å². The average Bonchev–Trinajstić information content (AvgIpc) is 2.56. The molecule has 0 aromatic heterocycles. The quantitative estimate of drug-likeness (QED) is 0.606. The molecule has 130 valence electrons. The number of halogens is 2. The van der Waals surface area contributed by atoms with Crippen molar-refractivity contribution >= 4 is 29.3 Å². The maximum absolute atomic E-state index is 13.0. The number of ketones is 1. The first-order chi connectivity index (χ1) is 11.8. The van der Waals surface area contributed by atoms with Gasteiger partial charge in [0, 0.05) is 18.1 Å². The van der Waals surface area contributed by atoms with Crippen LogP contribution in [0, 0.1) is 5.82 Å². The number of aliphatic carboxylic acids is 1. The van der Waals surface area contributed by atoms with Crippen LogP contribution in [0.4, 0.5) is 4.39 Å². The standard InChI is InChI=1S/C18H15ClFNO4/c19-14-3-1-2-13(8-14)11-21(17(23)9-16(22)18(24)25)10-12-4-6-15(20)7-5-12/h1-8H,9-11H2,(H,24,25). The number of amides is 1. The van der Waals surface area contributed by atoms with Crippen LogP contribution in [0.1, 0.15) is 17.5 Å². The highest BCUT2D eigenvalue weighted by atomic mass is 35.5. The second-order valence-corrected chi connectivity index (χ2v) is 5.85. The molecule has 0 saturated carbocycles. The summed E-state index contributed by atoms with van der Waals surface area (Å²) in [4.78, 5) is 35.7. The van der Waals surface area contributed by atoms with Crippen molar-refractivity contribution in [2.75, 3.05) is 0 Å². The van der Waals surface area contributed by atoms with E-state index in [0.29, 0.717) is 10.6 Å². The van der Waals surface area contributed by atoms with E-state index >= 15 is 0 Å². The molecule has 0 aliphatic heterocycles. The zero-order valence-electron chi connectivity index (χ0n) is 13.1. The van der Waals surface area contributed by atoms with E-state index in [0.717, 1.165) is 5.56 Å². The van der Waals surface area contributed by atoms with Crippen LogP contribution in [0.15, 0.2) is 48.5 Å². The van der Waals surface area contributed by atoms with Gasteiger partial charge < -0.3 is 10.0 Å². The minimum atomic E-state index is -1.65. The first kappa shape index (κ1) is 18.6. The van der Waals surface area contributed by atoms with Gasteiger partial charge in [0.15, 0.2) is 0 Å². The third-order valence-corrected chi connectivity index (χ3v) is 3.69. The molecule has 0 heterocycles. The molecule has 0 saturated heterocycles. The van der Waals surface area contributed by atoms with Gasteiger partial charge in [-0.25, -0.2) is 9.18 Å². The Balaban J connectivity index is 2.20. The minimum absolute atomic E-state index is 0.110. The molecule has 25 heavy (non-hydrogen) atoms. The van der Waals surface area contributed by atoms with E-state index in [4.69, 9.17) is 16.7 Å². The Morgan fingerprint density at radius 3 is 2.24 bits per heavy atom. The lowest BCUT2D eigenvalue weighted by Gasteiger charge is -2.23.